The van der Waals surface area contributed by atoms with Gasteiger partial charge in [-0.1, -0.05) is 18.2 Å². The topological polar surface area (TPSA) is 88.6 Å². The smallest absolute Gasteiger partial charge is 0.252 e. The normalized spacial score (nSPS) is 11.3. The number of rotatable bonds is 9. The average molecular weight is 377 g/mol. The van der Waals surface area contributed by atoms with E-state index in [9.17, 15) is 13.2 Å². The molecule has 0 saturated heterocycles. The summed E-state index contributed by atoms with van der Waals surface area (Å²) in [6, 6.07) is 10.8. The van der Waals surface area contributed by atoms with E-state index in [-0.39, 0.29) is 19.0 Å². The van der Waals surface area contributed by atoms with Gasteiger partial charge in [0.05, 0.1) is 18.9 Å². The largest absolute Gasteiger partial charge is 0.496 e. The van der Waals surface area contributed by atoms with Gasteiger partial charge in [0, 0.05) is 32.0 Å². The Labute approximate surface area is 154 Å². The minimum atomic E-state index is -3.39. The summed E-state index contributed by atoms with van der Waals surface area (Å²) in [6.45, 7) is 0.717. The number of hydrogen-bond donors (Lipinski definition) is 1. The number of methoxy groups -OCH3 is 1. The van der Waals surface area contributed by atoms with E-state index in [1.54, 1.807) is 25.4 Å². The summed E-state index contributed by atoms with van der Waals surface area (Å²) >= 11 is 0. The minimum absolute atomic E-state index is 0.194. The Morgan fingerprint density at radius 3 is 2.62 bits per heavy atom. The lowest BCUT2D eigenvalue weighted by Gasteiger charge is -2.20. The highest BCUT2D eigenvalue weighted by molar-refractivity contribution is 7.88. The number of nitrogens with one attached hydrogen (secondary N) is 1. The Bertz CT molecular complexity index is 825. The van der Waals surface area contributed by atoms with Crippen molar-refractivity contribution >= 4 is 15.9 Å². The van der Waals surface area contributed by atoms with Crippen LogP contribution in [0, 0.1) is 0 Å². The van der Waals surface area contributed by atoms with Crippen LogP contribution in [0.15, 0.2) is 48.8 Å². The highest BCUT2D eigenvalue weighted by Gasteiger charge is 2.17. The van der Waals surface area contributed by atoms with Gasteiger partial charge in [0.15, 0.2) is 0 Å². The van der Waals surface area contributed by atoms with Crippen LogP contribution >= 0.6 is 0 Å². The van der Waals surface area contributed by atoms with Crippen molar-refractivity contribution in [2.75, 3.05) is 33.0 Å². The van der Waals surface area contributed by atoms with Gasteiger partial charge in [-0.25, -0.2) is 12.7 Å². The van der Waals surface area contributed by atoms with Crippen molar-refractivity contribution in [3.63, 3.8) is 0 Å². The molecule has 0 fully saturated rings. The third-order valence-electron chi connectivity index (χ3n) is 3.86. The van der Waals surface area contributed by atoms with Crippen molar-refractivity contribution in [2.24, 2.45) is 0 Å². The number of para-hydroxylation sites is 1. The standard InChI is InChI=1S/C18H23N3O4S/c1-25-17-8-4-3-6-15(17)9-12-21(26(2,23)24)13-11-20-18(22)16-7-5-10-19-14-16/h3-8,10,14H,9,11-13H2,1-2H3,(H,20,22). The number of carbonyl (C=O) groups is 1. The molecule has 140 valence electrons. The van der Waals surface area contributed by atoms with E-state index in [1.807, 2.05) is 24.3 Å². The molecule has 0 radical (unpaired) electrons. The number of hydrogen-bond acceptors (Lipinski definition) is 5. The number of aromatic nitrogens is 1. The monoisotopic (exact) mass is 377 g/mol. The zero-order valence-electron chi connectivity index (χ0n) is 14.9. The van der Waals surface area contributed by atoms with Crippen molar-refractivity contribution in [1.82, 2.24) is 14.6 Å². The number of nitrogens with zero attached hydrogens (tertiary/aromatic N) is 2. The second-order valence-corrected chi connectivity index (χ2v) is 7.70. The van der Waals surface area contributed by atoms with Crippen molar-refractivity contribution in [3.8, 4) is 5.75 Å². The average Bonchev–Trinajstić information content (AvgIpc) is 2.64. The minimum Gasteiger partial charge on any atom is -0.496 e. The van der Waals surface area contributed by atoms with Gasteiger partial charge in [0.2, 0.25) is 10.0 Å². The summed E-state index contributed by atoms with van der Waals surface area (Å²) in [7, 11) is -1.80. The molecule has 2 aromatic rings. The van der Waals surface area contributed by atoms with Gasteiger partial charge in [-0.2, -0.15) is 0 Å². The van der Waals surface area contributed by atoms with E-state index in [0.717, 1.165) is 17.6 Å². The van der Waals surface area contributed by atoms with Gasteiger partial charge in [0.25, 0.3) is 5.91 Å². The van der Waals surface area contributed by atoms with Crippen molar-refractivity contribution in [2.45, 2.75) is 6.42 Å². The van der Waals surface area contributed by atoms with E-state index in [1.165, 1.54) is 10.5 Å². The summed E-state index contributed by atoms with van der Waals surface area (Å²) < 4.78 is 30.7. The van der Waals surface area contributed by atoms with Crippen LogP contribution < -0.4 is 10.1 Å². The molecule has 0 bridgehead atoms. The maximum absolute atomic E-state index is 12.0. The molecular formula is C18H23N3O4S. The molecule has 0 atom stereocenters. The SMILES string of the molecule is COc1ccccc1CCN(CCNC(=O)c1cccnc1)S(C)(=O)=O. The lowest BCUT2D eigenvalue weighted by Crippen LogP contribution is -2.39. The highest BCUT2D eigenvalue weighted by atomic mass is 32.2. The van der Waals surface area contributed by atoms with Gasteiger partial charge >= 0.3 is 0 Å². The number of amides is 1. The fraction of sp³-hybridized carbons (Fsp3) is 0.333. The van der Waals surface area contributed by atoms with E-state index in [0.29, 0.717) is 18.5 Å². The van der Waals surface area contributed by atoms with Gasteiger partial charge < -0.3 is 10.1 Å². The Hall–Kier alpha value is -2.45. The highest BCUT2D eigenvalue weighted by Crippen LogP contribution is 2.18. The Kier molecular flexibility index (Phi) is 7.11. The van der Waals surface area contributed by atoms with Crippen molar-refractivity contribution in [3.05, 3.63) is 59.9 Å². The van der Waals surface area contributed by atoms with Crippen LogP contribution in [-0.4, -0.2) is 56.6 Å². The molecule has 0 spiro atoms. The summed E-state index contributed by atoms with van der Waals surface area (Å²) in [6.07, 6.45) is 4.73. The number of benzene rings is 1. The molecule has 2 rings (SSSR count). The fourth-order valence-corrected chi connectivity index (χ4v) is 3.34. The van der Waals surface area contributed by atoms with Gasteiger partial charge in [-0.05, 0) is 30.2 Å². The predicted octanol–water partition coefficient (Wildman–Crippen LogP) is 1.32. The van der Waals surface area contributed by atoms with Gasteiger partial charge in [-0.15, -0.1) is 0 Å². The molecule has 0 aliphatic rings. The van der Waals surface area contributed by atoms with Crippen LogP contribution in [0.5, 0.6) is 5.75 Å². The Morgan fingerprint density at radius 2 is 1.96 bits per heavy atom. The maximum atomic E-state index is 12.0. The summed E-state index contributed by atoms with van der Waals surface area (Å²) in [4.78, 5) is 15.9. The van der Waals surface area contributed by atoms with Crippen LogP contribution in [-0.2, 0) is 16.4 Å². The molecule has 26 heavy (non-hydrogen) atoms. The van der Waals surface area contributed by atoms with Crippen LogP contribution in [0.1, 0.15) is 15.9 Å². The van der Waals surface area contributed by atoms with Crippen LogP contribution in [0.25, 0.3) is 0 Å². The molecule has 0 unspecified atom stereocenters. The molecule has 0 saturated carbocycles. The molecule has 0 aliphatic heterocycles. The molecule has 8 heteroatoms. The quantitative estimate of drug-likeness (QED) is 0.712. The van der Waals surface area contributed by atoms with E-state index in [2.05, 4.69) is 10.3 Å². The number of pyridine rings is 1. The molecule has 1 aromatic heterocycles. The van der Waals surface area contributed by atoms with E-state index in [4.69, 9.17) is 4.74 Å². The molecular weight excluding hydrogens is 354 g/mol. The molecule has 0 aliphatic carbocycles. The zero-order chi connectivity index (χ0) is 19.0. The zero-order valence-corrected chi connectivity index (χ0v) is 15.7. The van der Waals surface area contributed by atoms with Crippen LogP contribution in [0.2, 0.25) is 0 Å². The molecule has 1 heterocycles. The van der Waals surface area contributed by atoms with Gasteiger partial charge in [-0.3, -0.25) is 9.78 Å². The number of sulfonamides is 1. The predicted molar refractivity (Wildman–Crippen MR) is 99.7 cm³/mol. The first-order valence-electron chi connectivity index (χ1n) is 8.17. The Balaban J connectivity index is 1.92. The Morgan fingerprint density at radius 1 is 1.19 bits per heavy atom. The molecule has 7 nitrogen and oxygen atoms in total. The summed E-state index contributed by atoms with van der Waals surface area (Å²) in [5.74, 6) is 0.446. The van der Waals surface area contributed by atoms with E-state index >= 15 is 0 Å². The first kappa shape index (κ1) is 19.9. The lowest BCUT2D eigenvalue weighted by atomic mass is 10.1. The van der Waals surface area contributed by atoms with Crippen molar-refractivity contribution < 1.29 is 17.9 Å². The number of carbonyl (C=O) groups excluding carboxylic acids is 1. The number of ether oxygens (including phenoxy) is 1. The third kappa shape index (κ3) is 5.82. The maximum Gasteiger partial charge on any atom is 0.252 e. The molecule has 1 aromatic carbocycles. The second kappa shape index (κ2) is 9.30. The lowest BCUT2D eigenvalue weighted by molar-refractivity contribution is 0.0951. The third-order valence-corrected chi connectivity index (χ3v) is 5.17. The fourth-order valence-electron chi connectivity index (χ4n) is 2.49. The first-order chi connectivity index (χ1) is 12.4. The van der Waals surface area contributed by atoms with Crippen LogP contribution in [0.3, 0.4) is 0 Å². The second-order valence-electron chi connectivity index (χ2n) is 5.72. The first-order valence-corrected chi connectivity index (χ1v) is 10.0. The van der Waals surface area contributed by atoms with E-state index < -0.39 is 10.0 Å². The van der Waals surface area contributed by atoms with Crippen molar-refractivity contribution in [1.29, 1.82) is 0 Å². The molecule has 1 N–H and O–H groups in total. The van der Waals surface area contributed by atoms with Gasteiger partial charge in [0.1, 0.15) is 5.75 Å². The molecule has 1 amide bonds. The summed E-state index contributed by atoms with van der Waals surface area (Å²) in [5.41, 5.74) is 1.37. The summed E-state index contributed by atoms with van der Waals surface area (Å²) in [5, 5.41) is 2.71. The van der Waals surface area contributed by atoms with Crippen LogP contribution in [0.4, 0.5) is 0 Å².